The molecule has 1 aliphatic rings. The lowest BCUT2D eigenvalue weighted by Gasteiger charge is -2.09. The Kier molecular flexibility index (Phi) is 7.68. The van der Waals surface area contributed by atoms with Gasteiger partial charge in [0.05, 0.1) is 4.58 Å². The summed E-state index contributed by atoms with van der Waals surface area (Å²) in [6, 6.07) is 7.99. The monoisotopic (exact) mass is 318 g/mol. The molecular formula is C13H19ClN2OS2. The van der Waals surface area contributed by atoms with Crippen LogP contribution in [0.15, 0.2) is 24.3 Å². The van der Waals surface area contributed by atoms with Crippen LogP contribution in [0.25, 0.3) is 0 Å². The average molecular weight is 319 g/mol. The fourth-order valence-corrected chi connectivity index (χ4v) is 4.60. The summed E-state index contributed by atoms with van der Waals surface area (Å²) in [6.07, 6.45) is 0. The minimum absolute atomic E-state index is 0. The first-order chi connectivity index (χ1) is 8.81. The second kappa shape index (κ2) is 8.74. The second-order valence-electron chi connectivity index (χ2n) is 4.05. The number of rotatable bonds is 5. The van der Waals surface area contributed by atoms with E-state index in [2.05, 4.69) is 22.8 Å². The molecule has 1 aliphatic heterocycles. The molecule has 6 heteroatoms. The van der Waals surface area contributed by atoms with E-state index in [1.165, 1.54) is 17.1 Å². The van der Waals surface area contributed by atoms with Crippen molar-refractivity contribution in [3.8, 4) is 0 Å². The smallest absolute Gasteiger partial charge is 0.251 e. The van der Waals surface area contributed by atoms with E-state index in [1.807, 2.05) is 42.7 Å². The van der Waals surface area contributed by atoms with E-state index in [1.54, 1.807) is 0 Å². The summed E-state index contributed by atoms with van der Waals surface area (Å²) in [7, 11) is 1.87. The van der Waals surface area contributed by atoms with Crippen LogP contribution in [0.5, 0.6) is 0 Å². The Bertz CT molecular complexity index is 394. The van der Waals surface area contributed by atoms with Gasteiger partial charge in [0.25, 0.3) is 5.91 Å². The Hall–Kier alpha value is -0.360. The molecule has 2 rings (SSSR count). The Balaban J connectivity index is 0.00000180. The Morgan fingerprint density at radius 1 is 1.21 bits per heavy atom. The van der Waals surface area contributed by atoms with E-state index in [9.17, 15) is 4.79 Å². The molecule has 0 unspecified atom stereocenters. The van der Waals surface area contributed by atoms with Crippen LogP contribution in [0.2, 0.25) is 0 Å². The summed E-state index contributed by atoms with van der Waals surface area (Å²) in [5.74, 6) is 2.45. The molecule has 0 spiro atoms. The molecule has 0 bridgehead atoms. The number of likely N-dealkylation sites (N-methyl/N-ethyl adjacent to an activating group) is 1. The van der Waals surface area contributed by atoms with Gasteiger partial charge in [0.2, 0.25) is 0 Å². The number of carbonyl (C=O) groups excluding carboxylic acids is 1. The number of amides is 1. The van der Waals surface area contributed by atoms with Crippen molar-refractivity contribution >= 4 is 41.8 Å². The quantitative estimate of drug-likeness (QED) is 0.819. The van der Waals surface area contributed by atoms with Crippen LogP contribution in [-0.4, -0.2) is 37.6 Å². The topological polar surface area (TPSA) is 41.1 Å². The summed E-state index contributed by atoms with van der Waals surface area (Å²) < 4.78 is 0.548. The minimum atomic E-state index is 0. The minimum Gasteiger partial charge on any atom is -0.351 e. The van der Waals surface area contributed by atoms with Crippen molar-refractivity contribution in [3.05, 3.63) is 35.4 Å². The Labute approximate surface area is 129 Å². The molecule has 0 aromatic heterocycles. The number of halogens is 1. The largest absolute Gasteiger partial charge is 0.351 e. The predicted molar refractivity (Wildman–Crippen MR) is 87.6 cm³/mol. The second-order valence-corrected chi connectivity index (χ2v) is 6.78. The van der Waals surface area contributed by atoms with Crippen LogP contribution in [0.1, 0.15) is 20.5 Å². The molecule has 106 valence electrons. The molecule has 19 heavy (non-hydrogen) atoms. The average Bonchev–Trinajstić information content (AvgIpc) is 2.93. The first kappa shape index (κ1) is 16.7. The lowest BCUT2D eigenvalue weighted by Crippen LogP contribution is -2.30. The maximum atomic E-state index is 11.8. The van der Waals surface area contributed by atoms with Gasteiger partial charge in [-0.15, -0.1) is 35.9 Å². The fraction of sp³-hybridized carbons (Fsp3) is 0.462. The SMILES string of the molecule is CNCCNC(=O)c1ccc(C2SCCS2)cc1.Cl. The summed E-state index contributed by atoms with van der Waals surface area (Å²) >= 11 is 3.96. The standard InChI is InChI=1S/C13H18N2OS2.ClH/c1-14-6-7-15-12(16)10-2-4-11(5-3-10)13-17-8-9-18-13;/h2-5,13-14H,6-9H2,1H3,(H,15,16);1H. The van der Waals surface area contributed by atoms with E-state index >= 15 is 0 Å². The highest BCUT2D eigenvalue weighted by molar-refractivity contribution is 8.19. The molecule has 0 aliphatic carbocycles. The van der Waals surface area contributed by atoms with Crippen LogP contribution in [-0.2, 0) is 0 Å². The normalized spacial score (nSPS) is 15.0. The zero-order valence-electron chi connectivity index (χ0n) is 10.8. The van der Waals surface area contributed by atoms with Crippen LogP contribution in [0, 0.1) is 0 Å². The van der Waals surface area contributed by atoms with Gasteiger partial charge in [-0.2, -0.15) is 0 Å². The van der Waals surface area contributed by atoms with E-state index in [4.69, 9.17) is 0 Å². The molecule has 1 amide bonds. The first-order valence-corrected chi connectivity index (χ1v) is 8.17. The van der Waals surface area contributed by atoms with E-state index in [-0.39, 0.29) is 18.3 Å². The Morgan fingerprint density at radius 2 is 1.84 bits per heavy atom. The molecule has 3 nitrogen and oxygen atoms in total. The van der Waals surface area contributed by atoms with Crippen molar-refractivity contribution in [1.29, 1.82) is 0 Å². The lowest BCUT2D eigenvalue weighted by molar-refractivity contribution is 0.0954. The molecular weight excluding hydrogens is 300 g/mol. The van der Waals surface area contributed by atoms with Crippen LogP contribution >= 0.6 is 35.9 Å². The van der Waals surface area contributed by atoms with Gasteiger partial charge in [-0.25, -0.2) is 0 Å². The van der Waals surface area contributed by atoms with Gasteiger partial charge in [-0.1, -0.05) is 12.1 Å². The van der Waals surface area contributed by atoms with E-state index in [0.717, 1.165) is 12.1 Å². The van der Waals surface area contributed by atoms with Crippen LogP contribution in [0.4, 0.5) is 0 Å². The van der Waals surface area contributed by atoms with E-state index < -0.39 is 0 Å². The number of carbonyl (C=O) groups is 1. The summed E-state index contributed by atoms with van der Waals surface area (Å²) in [5, 5.41) is 5.88. The third-order valence-corrected chi connectivity index (χ3v) is 5.83. The van der Waals surface area contributed by atoms with Gasteiger partial charge in [0.1, 0.15) is 0 Å². The predicted octanol–water partition coefficient (Wildman–Crippen LogP) is 2.54. The van der Waals surface area contributed by atoms with Gasteiger partial charge < -0.3 is 10.6 Å². The summed E-state index contributed by atoms with van der Waals surface area (Å²) in [5.41, 5.74) is 2.05. The highest BCUT2D eigenvalue weighted by atomic mass is 35.5. The third kappa shape index (κ3) is 4.91. The van der Waals surface area contributed by atoms with Crippen LogP contribution < -0.4 is 10.6 Å². The molecule has 0 atom stereocenters. The maximum Gasteiger partial charge on any atom is 0.251 e. The number of hydrogen-bond acceptors (Lipinski definition) is 4. The molecule has 0 radical (unpaired) electrons. The number of hydrogen-bond donors (Lipinski definition) is 2. The number of benzene rings is 1. The summed E-state index contributed by atoms with van der Waals surface area (Å²) in [6.45, 7) is 1.45. The molecule has 1 aromatic carbocycles. The first-order valence-electron chi connectivity index (χ1n) is 6.07. The number of thioether (sulfide) groups is 2. The van der Waals surface area contributed by atoms with E-state index in [0.29, 0.717) is 11.1 Å². The number of nitrogens with one attached hydrogen (secondary N) is 2. The van der Waals surface area contributed by atoms with Gasteiger partial charge in [0, 0.05) is 30.2 Å². The third-order valence-electron chi connectivity index (χ3n) is 2.73. The molecule has 0 saturated carbocycles. The van der Waals surface area contributed by atoms with Gasteiger partial charge in [-0.05, 0) is 24.7 Å². The summed E-state index contributed by atoms with van der Waals surface area (Å²) in [4.78, 5) is 11.8. The highest BCUT2D eigenvalue weighted by Crippen LogP contribution is 2.45. The highest BCUT2D eigenvalue weighted by Gasteiger charge is 2.18. The van der Waals surface area contributed by atoms with Gasteiger partial charge in [0.15, 0.2) is 0 Å². The van der Waals surface area contributed by atoms with Crippen molar-refractivity contribution in [3.63, 3.8) is 0 Å². The van der Waals surface area contributed by atoms with Crippen molar-refractivity contribution < 1.29 is 4.79 Å². The molecule has 1 aromatic rings. The van der Waals surface area contributed by atoms with Crippen molar-refractivity contribution in [2.75, 3.05) is 31.6 Å². The molecule has 1 fully saturated rings. The Morgan fingerprint density at radius 3 is 2.42 bits per heavy atom. The van der Waals surface area contributed by atoms with Crippen molar-refractivity contribution in [2.24, 2.45) is 0 Å². The van der Waals surface area contributed by atoms with Gasteiger partial charge in [-0.3, -0.25) is 4.79 Å². The van der Waals surface area contributed by atoms with Crippen molar-refractivity contribution in [1.82, 2.24) is 10.6 Å². The van der Waals surface area contributed by atoms with Crippen molar-refractivity contribution in [2.45, 2.75) is 4.58 Å². The van der Waals surface area contributed by atoms with Gasteiger partial charge >= 0.3 is 0 Å². The fourth-order valence-electron chi connectivity index (χ4n) is 1.75. The zero-order chi connectivity index (χ0) is 12.8. The molecule has 1 heterocycles. The maximum absolute atomic E-state index is 11.8. The molecule has 2 N–H and O–H groups in total. The zero-order valence-corrected chi connectivity index (χ0v) is 13.3. The lowest BCUT2D eigenvalue weighted by atomic mass is 10.1. The molecule has 1 saturated heterocycles. The van der Waals surface area contributed by atoms with Crippen LogP contribution in [0.3, 0.4) is 0 Å².